The Morgan fingerprint density at radius 1 is 1.09 bits per heavy atom. The molecule has 2 aromatic rings. The van der Waals surface area contributed by atoms with E-state index in [1.165, 1.54) is 11.8 Å². The van der Waals surface area contributed by atoms with Gasteiger partial charge in [0, 0.05) is 54.4 Å². The summed E-state index contributed by atoms with van der Waals surface area (Å²) in [6, 6.07) is 15.2. The standard InChI is InChI=1S/C23H26N4O4S2/c1-31-19-7-3-6-18(13-19)26-8-10-27(11-9-26)22(28)16-4-2-5-17(12-16)24-23-25-20-14-33(29,30)15-21(20)32-23/h2-7,12-13,20-21H,8-11,14-15H2,1H3,(H,24,25)/t20-,21+/m1/s1. The van der Waals surface area contributed by atoms with Crippen LogP contribution in [0.1, 0.15) is 10.4 Å². The number of ether oxygens (including phenoxy) is 1. The molecule has 0 radical (unpaired) electrons. The number of thioether (sulfide) groups is 1. The number of amides is 1. The molecule has 2 saturated heterocycles. The van der Waals surface area contributed by atoms with Crippen LogP contribution in [0.3, 0.4) is 0 Å². The zero-order chi connectivity index (χ0) is 23.0. The molecule has 0 spiro atoms. The van der Waals surface area contributed by atoms with Crippen LogP contribution in [0.25, 0.3) is 0 Å². The predicted octanol–water partition coefficient (Wildman–Crippen LogP) is 2.34. The van der Waals surface area contributed by atoms with Crippen LogP contribution in [0, 0.1) is 0 Å². The third kappa shape index (κ3) is 4.81. The average molecular weight is 487 g/mol. The SMILES string of the molecule is COc1cccc(N2CCN(C(=O)c3cccc(NC4=N[C@@H]5CS(=O)(=O)C[C@@H]5S4)c3)CC2)c1. The van der Waals surface area contributed by atoms with E-state index in [2.05, 4.69) is 21.3 Å². The minimum atomic E-state index is -2.97. The summed E-state index contributed by atoms with van der Waals surface area (Å²) in [6.45, 7) is 2.81. The molecule has 1 N–H and O–H groups in total. The van der Waals surface area contributed by atoms with Crippen molar-refractivity contribution in [2.75, 3.05) is 55.0 Å². The number of carbonyl (C=O) groups excluding carboxylic acids is 1. The van der Waals surface area contributed by atoms with Crippen molar-refractivity contribution >= 4 is 44.0 Å². The van der Waals surface area contributed by atoms with E-state index in [1.807, 2.05) is 47.4 Å². The Balaban J connectivity index is 1.20. The van der Waals surface area contributed by atoms with E-state index in [0.717, 1.165) is 35.4 Å². The first-order chi connectivity index (χ1) is 15.9. The Kier molecular flexibility index (Phi) is 5.96. The number of hydrogen-bond donors (Lipinski definition) is 1. The minimum Gasteiger partial charge on any atom is -0.497 e. The molecule has 0 aromatic heterocycles. The number of fused-ring (bicyclic) bond motifs is 1. The zero-order valence-electron chi connectivity index (χ0n) is 18.3. The topological polar surface area (TPSA) is 91.3 Å². The van der Waals surface area contributed by atoms with Crippen molar-refractivity contribution in [3.63, 3.8) is 0 Å². The molecule has 2 aromatic carbocycles. The van der Waals surface area contributed by atoms with Gasteiger partial charge in [0.25, 0.3) is 5.91 Å². The van der Waals surface area contributed by atoms with E-state index in [0.29, 0.717) is 18.7 Å². The third-order valence-electron chi connectivity index (χ3n) is 6.16. The van der Waals surface area contributed by atoms with Crippen molar-refractivity contribution in [1.82, 2.24) is 4.90 Å². The number of nitrogens with one attached hydrogen (secondary N) is 1. The van der Waals surface area contributed by atoms with Crippen molar-refractivity contribution in [2.45, 2.75) is 11.3 Å². The number of benzene rings is 2. The van der Waals surface area contributed by atoms with Gasteiger partial charge in [-0.1, -0.05) is 23.9 Å². The Morgan fingerprint density at radius 3 is 2.64 bits per heavy atom. The van der Waals surface area contributed by atoms with Crippen molar-refractivity contribution < 1.29 is 17.9 Å². The molecule has 2 fully saturated rings. The molecule has 3 aliphatic heterocycles. The minimum absolute atomic E-state index is 0.00733. The fourth-order valence-electron chi connectivity index (χ4n) is 4.43. The number of aliphatic imine (C=N–C) groups is 1. The second-order valence-electron chi connectivity index (χ2n) is 8.42. The van der Waals surface area contributed by atoms with Gasteiger partial charge in [0.2, 0.25) is 0 Å². The number of sulfone groups is 1. The second kappa shape index (κ2) is 8.90. The van der Waals surface area contributed by atoms with Crippen LogP contribution in [-0.2, 0) is 9.84 Å². The van der Waals surface area contributed by atoms with Gasteiger partial charge in [-0.15, -0.1) is 0 Å². The lowest BCUT2D eigenvalue weighted by Gasteiger charge is -2.36. The number of rotatable bonds is 4. The van der Waals surface area contributed by atoms with Gasteiger partial charge in [0.15, 0.2) is 15.0 Å². The lowest BCUT2D eigenvalue weighted by molar-refractivity contribution is 0.0747. The number of nitrogens with zero attached hydrogens (tertiary/aromatic N) is 3. The summed E-state index contributed by atoms with van der Waals surface area (Å²) in [5, 5.41) is 3.97. The van der Waals surface area contributed by atoms with Crippen LogP contribution in [0.15, 0.2) is 53.5 Å². The number of amidine groups is 1. The Bertz CT molecular complexity index is 1190. The number of hydrogen-bond acceptors (Lipinski definition) is 8. The number of carbonyl (C=O) groups is 1. The smallest absolute Gasteiger partial charge is 0.254 e. The highest BCUT2D eigenvalue weighted by molar-refractivity contribution is 8.15. The van der Waals surface area contributed by atoms with Gasteiger partial charge in [0.05, 0.1) is 24.7 Å². The molecular formula is C23H26N4O4S2. The summed E-state index contributed by atoms with van der Waals surface area (Å²) < 4.78 is 28.8. The number of piperazine rings is 1. The maximum atomic E-state index is 13.1. The molecule has 2 atom stereocenters. The van der Waals surface area contributed by atoms with Gasteiger partial charge in [-0.25, -0.2) is 8.42 Å². The fraction of sp³-hybridized carbons (Fsp3) is 0.391. The number of methoxy groups -OCH3 is 1. The molecule has 174 valence electrons. The van der Waals surface area contributed by atoms with Crippen LogP contribution in [0.4, 0.5) is 11.4 Å². The van der Waals surface area contributed by atoms with Gasteiger partial charge in [0.1, 0.15) is 5.75 Å². The quantitative estimate of drug-likeness (QED) is 0.709. The highest BCUT2D eigenvalue weighted by Crippen LogP contribution is 2.34. The molecular weight excluding hydrogens is 460 g/mol. The molecule has 3 heterocycles. The first kappa shape index (κ1) is 22.1. The first-order valence-electron chi connectivity index (χ1n) is 10.9. The first-order valence-corrected chi connectivity index (χ1v) is 13.6. The Hall–Kier alpha value is -2.72. The van der Waals surface area contributed by atoms with Gasteiger partial charge < -0.3 is 19.9 Å². The molecule has 5 rings (SSSR count). The van der Waals surface area contributed by atoms with E-state index in [-0.39, 0.29) is 28.7 Å². The zero-order valence-corrected chi connectivity index (χ0v) is 19.9. The van der Waals surface area contributed by atoms with Gasteiger partial charge in [-0.3, -0.25) is 9.79 Å². The maximum absolute atomic E-state index is 13.1. The van der Waals surface area contributed by atoms with Crippen LogP contribution in [0.2, 0.25) is 0 Å². The normalized spacial score (nSPS) is 23.7. The molecule has 0 aliphatic carbocycles. The predicted molar refractivity (Wildman–Crippen MR) is 132 cm³/mol. The van der Waals surface area contributed by atoms with Crippen molar-refractivity contribution in [2.24, 2.45) is 4.99 Å². The average Bonchev–Trinajstić information content (AvgIpc) is 3.31. The third-order valence-corrected chi connectivity index (χ3v) is 9.31. The molecule has 33 heavy (non-hydrogen) atoms. The largest absolute Gasteiger partial charge is 0.497 e. The van der Waals surface area contributed by atoms with Crippen molar-refractivity contribution in [3.8, 4) is 5.75 Å². The van der Waals surface area contributed by atoms with Gasteiger partial charge in [-0.2, -0.15) is 0 Å². The van der Waals surface area contributed by atoms with Crippen LogP contribution < -0.4 is 15.0 Å². The molecule has 8 nitrogen and oxygen atoms in total. The monoisotopic (exact) mass is 486 g/mol. The fourth-order valence-corrected chi connectivity index (χ4v) is 8.10. The maximum Gasteiger partial charge on any atom is 0.254 e. The Morgan fingerprint density at radius 2 is 1.88 bits per heavy atom. The highest BCUT2D eigenvalue weighted by Gasteiger charge is 2.42. The molecule has 0 bridgehead atoms. The summed E-state index contributed by atoms with van der Waals surface area (Å²) >= 11 is 1.47. The van der Waals surface area contributed by atoms with E-state index in [1.54, 1.807) is 7.11 Å². The summed E-state index contributed by atoms with van der Waals surface area (Å²) in [7, 11) is -1.31. The van der Waals surface area contributed by atoms with Gasteiger partial charge in [-0.05, 0) is 30.3 Å². The van der Waals surface area contributed by atoms with E-state index in [9.17, 15) is 13.2 Å². The summed E-state index contributed by atoms with van der Waals surface area (Å²) in [5.41, 5.74) is 2.51. The van der Waals surface area contributed by atoms with Gasteiger partial charge >= 0.3 is 0 Å². The molecule has 0 unspecified atom stereocenters. The van der Waals surface area contributed by atoms with E-state index >= 15 is 0 Å². The van der Waals surface area contributed by atoms with E-state index in [4.69, 9.17) is 4.74 Å². The lowest BCUT2D eigenvalue weighted by Crippen LogP contribution is -2.48. The lowest BCUT2D eigenvalue weighted by atomic mass is 10.1. The van der Waals surface area contributed by atoms with Crippen LogP contribution >= 0.6 is 11.8 Å². The van der Waals surface area contributed by atoms with Crippen LogP contribution in [0.5, 0.6) is 5.75 Å². The molecule has 3 aliphatic rings. The second-order valence-corrected chi connectivity index (χ2v) is 11.8. The summed E-state index contributed by atoms with van der Waals surface area (Å²) in [6.07, 6.45) is 0. The highest BCUT2D eigenvalue weighted by atomic mass is 32.2. The summed E-state index contributed by atoms with van der Waals surface area (Å²) in [5.74, 6) is 1.13. The van der Waals surface area contributed by atoms with E-state index < -0.39 is 9.84 Å². The molecule has 10 heteroatoms. The van der Waals surface area contributed by atoms with Crippen molar-refractivity contribution in [1.29, 1.82) is 0 Å². The van der Waals surface area contributed by atoms with Crippen molar-refractivity contribution in [3.05, 3.63) is 54.1 Å². The molecule has 1 amide bonds. The van der Waals surface area contributed by atoms with Crippen LogP contribution in [-0.4, -0.2) is 80.5 Å². The Labute approximate surface area is 197 Å². The number of anilines is 2. The molecule has 0 saturated carbocycles. The summed E-state index contributed by atoms with van der Waals surface area (Å²) in [4.78, 5) is 21.8.